The molecule has 0 saturated heterocycles. The molecule has 2 heteroatoms. The van der Waals surface area contributed by atoms with Crippen LogP contribution in [0.1, 0.15) is 39.2 Å². The van der Waals surface area contributed by atoms with Gasteiger partial charge in [0.15, 0.2) is 0 Å². The topological polar surface area (TPSA) is 12.4 Å². The molecule has 0 N–H and O–H groups in total. The van der Waals surface area contributed by atoms with Crippen LogP contribution in [0, 0.1) is 0 Å². The number of thiophene rings is 1. The van der Waals surface area contributed by atoms with Gasteiger partial charge in [0.2, 0.25) is 0 Å². The summed E-state index contributed by atoms with van der Waals surface area (Å²) in [6, 6.07) is 6.73. The highest BCUT2D eigenvalue weighted by atomic mass is 32.1. The van der Waals surface area contributed by atoms with E-state index in [1.54, 1.807) is 11.3 Å². The van der Waals surface area contributed by atoms with Gasteiger partial charge in [-0.05, 0) is 36.4 Å². The van der Waals surface area contributed by atoms with Gasteiger partial charge in [0.1, 0.15) is 0 Å². The predicted molar refractivity (Wildman–Crippen MR) is 76.9 cm³/mol. The normalized spacial score (nSPS) is 22.9. The minimum Gasteiger partial charge on any atom is -0.256 e. The molecule has 0 bridgehead atoms. The van der Waals surface area contributed by atoms with E-state index >= 15 is 0 Å². The Labute approximate surface area is 106 Å². The number of hydrogen-bond donors (Lipinski definition) is 0. The molecular weight excluding hydrogens is 226 g/mol. The van der Waals surface area contributed by atoms with Crippen LogP contribution < -0.4 is 0 Å². The Morgan fingerprint density at radius 1 is 1.29 bits per heavy atom. The van der Waals surface area contributed by atoms with Crippen LogP contribution in [0.4, 0.5) is 5.69 Å². The van der Waals surface area contributed by atoms with Crippen LogP contribution >= 0.6 is 11.3 Å². The van der Waals surface area contributed by atoms with Crippen molar-refractivity contribution in [3.05, 3.63) is 29.1 Å². The highest BCUT2D eigenvalue weighted by Crippen LogP contribution is 2.47. The van der Waals surface area contributed by atoms with Crippen LogP contribution in [0.3, 0.4) is 0 Å². The number of benzene rings is 1. The van der Waals surface area contributed by atoms with E-state index in [2.05, 4.69) is 44.4 Å². The molecule has 1 aliphatic heterocycles. The van der Waals surface area contributed by atoms with Gasteiger partial charge in [0, 0.05) is 21.2 Å². The summed E-state index contributed by atoms with van der Waals surface area (Å²) in [5.41, 5.74) is 4.06. The number of rotatable bonds is 2. The van der Waals surface area contributed by atoms with Gasteiger partial charge in [-0.1, -0.05) is 26.3 Å². The molecule has 88 valence electrons. The molecule has 1 atom stereocenters. The lowest BCUT2D eigenvalue weighted by atomic mass is 9.76. The van der Waals surface area contributed by atoms with Crippen LogP contribution in [0.25, 0.3) is 10.1 Å². The SMILES string of the molecule is CCCC1(C)C(C)=Nc2c1ccc1sccc21. The molecule has 1 unspecified atom stereocenters. The molecule has 0 saturated carbocycles. The zero-order chi connectivity index (χ0) is 12.0. The molecule has 2 aromatic rings. The molecule has 0 amide bonds. The number of aliphatic imine (C=N–C) groups is 1. The van der Waals surface area contributed by atoms with Gasteiger partial charge in [-0.15, -0.1) is 11.3 Å². The van der Waals surface area contributed by atoms with Gasteiger partial charge in [-0.2, -0.15) is 0 Å². The number of hydrogen-bond acceptors (Lipinski definition) is 2. The van der Waals surface area contributed by atoms with Crippen molar-refractivity contribution < 1.29 is 0 Å². The van der Waals surface area contributed by atoms with Crippen molar-refractivity contribution in [1.82, 2.24) is 0 Å². The van der Waals surface area contributed by atoms with Gasteiger partial charge in [0.05, 0.1) is 5.69 Å². The first-order valence-corrected chi connectivity index (χ1v) is 7.11. The molecule has 0 radical (unpaired) electrons. The molecule has 1 aromatic heterocycles. The standard InChI is InChI=1S/C15H17NS/c1-4-8-15(3)10(2)16-14-11-7-9-17-13(11)6-5-12(14)15/h5-7,9H,4,8H2,1-3H3. The first kappa shape index (κ1) is 11.0. The van der Waals surface area contributed by atoms with Crippen molar-refractivity contribution in [2.45, 2.75) is 39.0 Å². The molecule has 1 aliphatic rings. The van der Waals surface area contributed by atoms with Crippen LogP contribution in [-0.2, 0) is 5.41 Å². The summed E-state index contributed by atoms with van der Waals surface area (Å²) < 4.78 is 1.35. The molecular formula is C15H17NS. The Kier molecular flexibility index (Phi) is 2.37. The zero-order valence-corrected chi connectivity index (χ0v) is 11.4. The van der Waals surface area contributed by atoms with E-state index < -0.39 is 0 Å². The fraction of sp³-hybridized carbons (Fsp3) is 0.400. The van der Waals surface area contributed by atoms with Gasteiger partial charge in [-0.25, -0.2) is 0 Å². The van der Waals surface area contributed by atoms with Crippen molar-refractivity contribution in [2.24, 2.45) is 4.99 Å². The fourth-order valence-electron chi connectivity index (χ4n) is 2.90. The van der Waals surface area contributed by atoms with E-state index in [0.717, 1.165) is 0 Å². The molecule has 0 fully saturated rings. The zero-order valence-electron chi connectivity index (χ0n) is 10.6. The molecule has 3 rings (SSSR count). The maximum atomic E-state index is 4.85. The Morgan fingerprint density at radius 3 is 2.88 bits per heavy atom. The maximum absolute atomic E-state index is 4.85. The smallest absolute Gasteiger partial charge is 0.0757 e. The molecule has 2 heterocycles. The van der Waals surface area contributed by atoms with Gasteiger partial charge < -0.3 is 0 Å². The third kappa shape index (κ3) is 1.40. The molecule has 0 aliphatic carbocycles. The summed E-state index contributed by atoms with van der Waals surface area (Å²) in [7, 11) is 0. The molecule has 0 spiro atoms. The Morgan fingerprint density at radius 2 is 2.12 bits per heavy atom. The van der Waals surface area contributed by atoms with E-state index in [4.69, 9.17) is 4.99 Å². The van der Waals surface area contributed by atoms with E-state index in [1.165, 1.54) is 39.9 Å². The largest absolute Gasteiger partial charge is 0.256 e. The lowest BCUT2D eigenvalue weighted by Gasteiger charge is -2.25. The summed E-state index contributed by atoms with van der Waals surface area (Å²) >= 11 is 1.80. The van der Waals surface area contributed by atoms with Crippen molar-refractivity contribution >= 4 is 32.8 Å². The fourth-order valence-corrected chi connectivity index (χ4v) is 3.68. The van der Waals surface area contributed by atoms with Crippen molar-refractivity contribution in [3.63, 3.8) is 0 Å². The van der Waals surface area contributed by atoms with E-state index in [9.17, 15) is 0 Å². The predicted octanol–water partition coefficient (Wildman–Crippen LogP) is 5.07. The highest BCUT2D eigenvalue weighted by Gasteiger charge is 2.36. The molecule has 1 aromatic carbocycles. The Balaban J connectivity index is 2.28. The molecule has 17 heavy (non-hydrogen) atoms. The first-order valence-electron chi connectivity index (χ1n) is 6.23. The summed E-state index contributed by atoms with van der Waals surface area (Å²) in [5, 5.41) is 3.48. The summed E-state index contributed by atoms with van der Waals surface area (Å²) in [6.07, 6.45) is 2.38. The summed E-state index contributed by atoms with van der Waals surface area (Å²) in [5.74, 6) is 0. The first-order chi connectivity index (χ1) is 8.16. The van der Waals surface area contributed by atoms with E-state index in [1.807, 2.05) is 0 Å². The van der Waals surface area contributed by atoms with Crippen LogP contribution in [0.2, 0.25) is 0 Å². The van der Waals surface area contributed by atoms with Crippen molar-refractivity contribution in [3.8, 4) is 0 Å². The van der Waals surface area contributed by atoms with Crippen LogP contribution in [-0.4, -0.2) is 5.71 Å². The number of fused-ring (bicyclic) bond motifs is 3. The molecule has 1 nitrogen and oxygen atoms in total. The second-order valence-electron chi connectivity index (χ2n) is 5.07. The maximum Gasteiger partial charge on any atom is 0.0757 e. The van der Waals surface area contributed by atoms with E-state index in [-0.39, 0.29) is 5.41 Å². The van der Waals surface area contributed by atoms with Crippen LogP contribution in [0.15, 0.2) is 28.6 Å². The lowest BCUT2D eigenvalue weighted by Crippen LogP contribution is -2.27. The minimum atomic E-state index is 0.153. The third-order valence-corrected chi connectivity index (χ3v) is 4.91. The Hall–Kier alpha value is -1.15. The summed E-state index contributed by atoms with van der Waals surface area (Å²) in [4.78, 5) is 4.85. The van der Waals surface area contributed by atoms with Crippen molar-refractivity contribution in [1.29, 1.82) is 0 Å². The summed E-state index contributed by atoms with van der Waals surface area (Å²) in [6.45, 7) is 6.76. The number of nitrogens with zero attached hydrogens (tertiary/aromatic N) is 1. The van der Waals surface area contributed by atoms with Gasteiger partial charge in [0.25, 0.3) is 0 Å². The second kappa shape index (κ2) is 3.67. The van der Waals surface area contributed by atoms with E-state index in [0.29, 0.717) is 0 Å². The lowest BCUT2D eigenvalue weighted by molar-refractivity contribution is 0.575. The third-order valence-electron chi connectivity index (χ3n) is 4.03. The average molecular weight is 243 g/mol. The second-order valence-corrected chi connectivity index (χ2v) is 6.02. The van der Waals surface area contributed by atoms with Gasteiger partial charge >= 0.3 is 0 Å². The van der Waals surface area contributed by atoms with Crippen LogP contribution in [0.5, 0.6) is 0 Å². The Bertz CT molecular complexity index is 608. The van der Waals surface area contributed by atoms with Gasteiger partial charge in [-0.3, -0.25) is 4.99 Å². The average Bonchev–Trinajstić information content (AvgIpc) is 2.85. The monoisotopic (exact) mass is 243 g/mol. The highest BCUT2D eigenvalue weighted by molar-refractivity contribution is 7.17. The quantitative estimate of drug-likeness (QED) is 0.698. The minimum absolute atomic E-state index is 0.153. The van der Waals surface area contributed by atoms with Crippen molar-refractivity contribution in [2.75, 3.05) is 0 Å².